The van der Waals surface area contributed by atoms with Crippen molar-refractivity contribution in [1.29, 1.82) is 0 Å². The molecule has 1 unspecified atom stereocenters. The van der Waals surface area contributed by atoms with E-state index >= 15 is 0 Å². The van der Waals surface area contributed by atoms with Gasteiger partial charge in [-0.15, -0.1) is 0 Å². The Morgan fingerprint density at radius 2 is 1.74 bits per heavy atom. The summed E-state index contributed by atoms with van der Waals surface area (Å²) in [5, 5.41) is 7.95. The van der Waals surface area contributed by atoms with Gasteiger partial charge in [-0.05, 0) is 37.3 Å². The zero-order chi connectivity index (χ0) is 27.9. The van der Waals surface area contributed by atoms with E-state index in [-0.39, 0.29) is 39.9 Å². The number of fused-ring (bicyclic) bond motifs is 1. The Labute approximate surface area is 217 Å². The molecule has 0 spiro atoms. The number of benzene rings is 2. The molecule has 39 heavy (non-hydrogen) atoms. The Bertz CT molecular complexity index is 1650. The van der Waals surface area contributed by atoms with E-state index in [2.05, 4.69) is 25.1 Å². The van der Waals surface area contributed by atoms with Gasteiger partial charge in [-0.1, -0.05) is 23.8 Å². The van der Waals surface area contributed by atoms with Crippen LogP contribution >= 0.6 is 0 Å². The fourth-order valence-corrected chi connectivity index (χ4v) is 4.02. The number of nitrogens with zero attached hydrogens (tertiary/aromatic N) is 6. The molecule has 0 radical (unpaired) electrons. The van der Waals surface area contributed by atoms with Crippen LogP contribution < -0.4 is 0 Å². The maximum absolute atomic E-state index is 14.2. The number of aromatic nitrogens is 6. The highest BCUT2D eigenvalue weighted by Crippen LogP contribution is 2.37. The van der Waals surface area contributed by atoms with Crippen LogP contribution in [0.25, 0.3) is 34.2 Å². The molecule has 0 N–H and O–H groups in total. The molecule has 0 saturated heterocycles. The Morgan fingerprint density at radius 1 is 0.949 bits per heavy atom. The summed E-state index contributed by atoms with van der Waals surface area (Å²) in [7, 11) is 1.15. The molecule has 2 aliphatic heterocycles. The third kappa shape index (κ3) is 4.90. The maximum atomic E-state index is 14.2. The second-order valence-corrected chi connectivity index (χ2v) is 8.49. The van der Waals surface area contributed by atoms with Crippen LogP contribution in [-0.2, 0) is 15.7 Å². The van der Waals surface area contributed by atoms with Crippen molar-refractivity contribution in [2.45, 2.75) is 19.1 Å². The SMILES string of the molecule is COC(=O)C(c1ccc(-c2ccc(C)cc2C(F)(F)F)nn1)n1cnc2nc(-c3cccc(F)c3F)nc-2c1. The van der Waals surface area contributed by atoms with E-state index in [0.29, 0.717) is 5.56 Å². The molecule has 8 nitrogen and oxygen atoms in total. The van der Waals surface area contributed by atoms with Crippen molar-refractivity contribution in [1.82, 2.24) is 29.7 Å². The highest BCUT2D eigenvalue weighted by Gasteiger charge is 2.34. The summed E-state index contributed by atoms with van der Waals surface area (Å²) in [6.07, 6.45) is -1.99. The van der Waals surface area contributed by atoms with Crippen molar-refractivity contribution >= 4 is 5.97 Å². The van der Waals surface area contributed by atoms with Crippen molar-refractivity contribution < 1.29 is 31.5 Å². The van der Waals surface area contributed by atoms with Crippen molar-refractivity contribution in [2.24, 2.45) is 0 Å². The van der Waals surface area contributed by atoms with Gasteiger partial charge in [0.1, 0.15) is 5.69 Å². The lowest BCUT2D eigenvalue weighted by atomic mass is 10.0. The highest BCUT2D eigenvalue weighted by molar-refractivity contribution is 5.78. The third-order valence-electron chi connectivity index (χ3n) is 5.89. The van der Waals surface area contributed by atoms with E-state index < -0.39 is 35.4 Å². The summed E-state index contributed by atoms with van der Waals surface area (Å²) in [6, 6.07) is 8.87. The number of aryl methyl sites for hydroxylation is 1. The van der Waals surface area contributed by atoms with Crippen LogP contribution in [-0.4, -0.2) is 42.8 Å². The molecule has 3 aromatic rings. The normalized spacial score (nSPS) is 12.5. The van der Waals surface area contributed by atoms with Crippen LogP contribution in [0, 0.1) is 18.6 Å². The number of alkyl halides is 3. The molecule has 0 saturated carbocycles. The number of rotatable bonds is 5. The highest BCUT2D eigenvalue weighted by atomic mass is 19.4. The van der Waals surface area contributed by atoms with Crippen molar-refractivity contribution in [2.75, 3.05) is 7.11 Å². The minimum Gasteiger partial charge on any atom is -0.467 e. The first-order chi connectivity index (χ1) is 18.6. The van der Waals surface area contributed by atoms with E-state index in [9.17, 15) is 26.7 Å². The van der Waals surface area contributed by atoms with E-state index in [4.69, 9.17) is 4.74 Å². The summed E-state index contributed by atoms with van der Waals surface area (Å²) in [5.41, 5.74) is -0.603. The van der Waals surface area contributed by atoms with Crippen molar-refractivity contribution in [3.63, 3.8) is 0 Å². The van der Waals surface area contributed by atoms with E-state index in [1.54, 1.807) is 6.92 Å². The van der Waals surface area contributed by atoms with Gasteiger partial charge in [0.15, 0.2) is 29.3 Å². The molecule has 0 bridgehead atoms. The number of ether oxygens (including phenoxy) is 1. The average molecular weight is 540 g/mol. The molecule has 2 aromatic carbocycles. The molecule has 1 aromatic heterocycles. The number of methoxy groups -OCH3 is 1. The summed E-state index contributed by atoms with van der Waals surface area (Å²) in [5.74, 6) is -2.96. The molecule has 1 atom stereocenters. The number of halogens is 5. The lowest BCUT2D eigenvalue weighted by Gasteiger charge is -2.18. The Balaban J connectivity index is 1.53. The number of carbonyl (C=O) groups is 1. The Kier molecular flexibility index (Phi) is 6.50. The molecule has 0 fully saturated rings. The van der Waals surface area contributed by atoms with E-state index in [1.807, 2.05) is 0 Å². The number of carbonyl (C=O) groups excluding carboxylic acids is 1. The molecule has 0 amide bonds. The second kappa shape index (κ2) is 9.82. The van der Waals surface area contributed by atoms with Gasteiger partial charge in [0, 0.05) is 11.8 Å². The molecule has 13 heteroatoms. The second-order valence-electron chi connectivity index (χ2n) is 8.49. The Hall–Kier alpha value is -4.81. The smallest absolute Gasteiger partial charge is 0.417 e. The maximum Gasteiger partial charge on any atom is 0.417 e. The number of hydrogen-bond donors (Lipinski definition) is 0. The number of imidazole rings is 1. The van der Waals surface area contributed by atoms with Crippen LogP contribution in [0.4, 0.5) is 22.0 Å². The molecular weight excluding hydrogens is 523 g/mol. The van der Waals surface area contributed by atoms with Gasteiger partial charge in [0.2, 0.25) is 0 Å². The zero-order valence-corrected chi connectivity index (χ0v) is 20.2. The lowest BCUT2D eigenvalue weighted by molar-refractivity contribution is -0.143. The predicted molar refractivity (Wildman–Crippen MR) is 127 cm³/mol. The average Bonchev–Trinajstić information content (AvgIpc) is 3.33. The van der Waals surface area contributed by atoms with Crippen molar-refractivity contribution in [3.8, 4) is 34.2 Å². The quantitative estimate of drug-likeness (QED) is 0.221. The monoisotopic (exact) mass is 540 g/mol. The summed E-state index contributed by atoms with van der Waals surface area (Å²) >= 11 is 0. The van der Waals surface area contributed by atoms with Gasteiger partial charge in [0.25, 0.3) is 0 Å². The molecule has 198 valence electrons. The molecule has 0 aliphatic carbocycles. The minimum atomic E-state index is -4.61. The Morgan fingerprint density at radius 3 is 2.44 bits per heavy atom. The van der Waals surface area contributed by atoms with Gasteiger partial charge >= 0.3 is 12.1 Å². The van der Waals surface area contributed by atoms with Crippen molar-refractivity contribution in [3.05, 3.63) is 89.5 Å². The van der Waals surface area contributed by atoms with Crippen LogP contribution in [0.3, 0.4) is 0 Å². The van der Waals surface area contributed by atoms with Gasteiger partial charge in [-0.25, -0.2) is 28.5 Å². The minimum absolute atomic E-state index is 0.0445. The predicted octanol–water partition coefficient (Wildman–Crippen LogP) is 5.27. The molecule has 3 heterocycles. The van der Waals surface area contributed by atoms with Crippen LogP contribution in [0.1, 0.15) is 22.9 Å². The summed E-state index contributed by atoms with van der Waals surface area (Å²) in [6.45, 7) is 1.55. The van der Waals surface area contributed by atoms with Gasteiger partial charge < -0.3 is 9.30 Å². The third-order valence-corrected chi connectivity index (χ3v) is 5.89. The van der Waals surface area contributed by atoms with Gasteiger partial charge in [-0.2, -0.15) is 23.4 Å². The van der Waals surface area contributed by atoms with Gasteiger partial charge in [-0.3, -0.25) is 0 Å². The summed E-state index contributed by atoms with van der Waals surface area (Å²) < 4.78 is 74.9. The van der Waals surface area contributed by atoms with E-state index in [0.717, 1.165) is 19.2 Å². The number of hydrogen-bond acceptors (Lipinski definition) is 7. The first kappa shape index (κ1) is 25.8. The van der Waals surface area contributed by atoms with Crippen LogP contribution in [0.5, 0.6) is 0 Å². The summed E-state index contributed by atoms with van der Waals surface area (Å²) in [4.78, 5) is 25.2. The standard InChI is InChI=1S/C26H17F5N6O2/c1-13-6-7-14(16(10-13)26(29,30)31)18-8-9-19(36-35-18)22(25(38)39-2)37-11-20-24(32-12-37)34-23(33-20)15-4-3-5-17(27)21(15)28/h3-12,22H,1-2H3. The van der Waals surface area contributed by atoms with Crippen LogP contribution in [0.2, 0.25) is 0 Å². The fourth-order valence-electron chi connectivity index (χ4n) is 4.02. The first-order valence-corrected chi connectivity index (χ1v) is 11.3. The zero-order valence-electron chi connectivity index (χ0n) is 20.2. The molecular formula is C26H17F5N6O2. The lowest BCUT2D eigenvalue weighted by Crippen LogP contribution is -2.24. The molecule has 5 rings (SSSR count). The van der Waals surface area contributed by atoms with Crippen LogP contribution in [0.15, 0.2) is 61.1 Å². The fraction of sp³-hybridized carbons (Fsp3) is 0.154. The molecule has 2 aliphatic rings. The van der Waals surface area contributed by atoms with E-state index in [1.165, 1.54) is 53.5 Å². The van der Waals surface area contributed by atoms with Gasteiger partial charge in [0.05, 0.1) is 36.0 Å². The topological polar surface area (TPSA) is 95.7 Å². The first-order valence-electron chi connectivity index (χ1n) is 11.3. The number of esters is 1. The largest absolute Gasteiger partial charge is 0.467 e.